The number of carbonyl (C=O) groups is 1. The van der Waals surface area contributed by atoms with Gasteiger partial charge in [-0.05, 0) is 18.1 Å². The number of pyridine rings is 1. The SMILES string of the molecule is CCc1ccc(C(=O)OC)nc1. The molecule has 3 heteroatoms. The van der Waals surface area contributed by atoms with E-state index in [-0.39, 0.29) is 0 Å². The first-order valence-electron chi connectivity index (χ1n) is 3.81. The van der Waals surface area contributed by atoms with Gasteiger partial charge in [0.25, 0.3) is 0 Å². The molecule has 0 bridgehead atoms. The first-order chi connectivity index (χ1) is 5.77. The van der Waals surface area contributed by atoms with Crippen molar-refractivity contribution in [3.63, 3.8) is 0 Å². The van der Waals surface area contributed by atoms with Gasteiger partial charge in [0, 0.05) is 6.20 Å². The first kappa shape index (κ1) is 8.71. The molecule has 0 saturated carbocycles. The average molecular weight is 165 g/mol. The molecular weight excluding hydrogens is 154 g/mol. The van der Waals surface area contributed by atoms with Gasteiger partial charge in [0.05, 0.1) is 7.11 Å². The Morgan fingerprint density at radius 3 is 2.75 bits per heavy atom. The van der Waals surface area contributed by atoms with Gasteiger partial charge in [0.2, 0.25) is 0 Å². The number of carbonyl (C=O) groups excluding carboxylic acids is 1. The standard InChI is InChI=1S/C9H11NO2/c1-3-7-4-5-8(10-6-7)9(11)12-2/h4-6H,3H2,1-2H3. The van der Waals surface area contributed by atoms with Crippen molar-refractivity contribution in [2.75, 3.05) is 7.11 Å². The zero-order valence-corrected chi connectivity index (χ0v) is 7.20. The molecular formula is C9H11NO2. The highest BCUT2D eigenvalue weighted by atomic mass is 16.5. The molecule has 0 spiro atoms. The fourth-order valence-corrected chi connectivity index (χ4v) is 0.859. The largest absolute Gasteiger partial charge is 0.464 e. The molecule has 0 radical (unpaired) electrons. The van der Waals surface area contributed by atoms with Crippen LogP contribution in [-0.2, 0) is 11.2 Å². The van der Waals surface area contributed by atoms with Gasteiger partial charge >= 0.3 is 5.97 Å². The molecule has 0 unspecified atom stereocenters. The minimum Gasteiger partial charge on any atom is -0.464 e. The number of ether oxygens (including phenoxy) is 1. The van der Waals surface area contributed by atoms with E-state index in [1.807, 2.05) is 13.0 Å². The third kappa shape index (κ3) is 1.81. The Hall–Kier alpha value is -1.38. The van der Waals surface area contributed by atoms with E-state index >= 15 is 0 Å². The zero-order valence-electron chi connectivity index (χ0n) is 7.20. The number of nitrogens with zero attached hydrogens (tertiary/aromatic N) is 1. The van der Waals surface area contributed by atoms with E-state index in [0.29, 0.717) is 5.69 Å². The van der Waals surface area contributed by atoms with Crippen molar-refractivity contribution >= 4 is 5.97 Å². The van der Waals surface area contributed by atoms with Crippen molar-refractivity contribution in [2.45, 2.75) is 13.3 Å². The summed E-state index contributed by atoms with van der Waals surface area (Å²) in [7, 11) is 1.34. The lowest BCUT2D eigenvalue weighted by atomic mass is 10.2. The summed E-state index contributed by atoms with van der Waals surface area (Å²) in [5, 5.41) is 0. The molecule has 64 valence electrons. The summed E-state index contributed by atoms with van der Waals surface area (Å²) in [4.78, 5) is 14.9. The highest BCUT2D eigenvalue weighted by Gasteiger charge is 2.04. The molecule has 0 aliphatic heterocycles. The molecule has 0 amide bonds. The van der Waals surface area contributed by atoms with E-state index in [4.69, 9.17) is 0 Å². The van der Waals surface area contributed by atoms with E-state index in [1.54, 1.807) is 12.3 Å². The minimum atomic E-state index is -0.391. The van der Waals surface area contributed by atoms with Gasteiger partial charge in [-0.15, -0.1) is 0 Å². The van der Waals surface area contributed by atoms with Crippen LogP contribution < -0.4 is 0 Å². The van der Waals surface area contributed by atoms with E-state index in [0.717, 1.165) is 12.0 Å². The van der Waals surface area contributed by atoms with Crippen LogP contribution in [0, 0.1) is 0 Å². The molecule has 1 heterocycles. The van der Waals surface area contributed by atoms with Crippen molar-refractivity contribution < 1.29 is 9.53 Å². The Bertz CT molecular complexity index is 266. The fraction of sp³-hybridized carbons (Fsp3) is 0.333. The molecule has 0 fully saturated rings. The molecule has 0 aliphatic rings. The normalized spacial score (nSPS) is 9.50. The van der Waals surface area contributed by atoms with Crippen LogP contribution in [0.25, 0.3) is 0 Å². The number of aromatic nitrogens is 1. The predicted octanol–water partition coefficient (Wildman–Crippen LogP) is 1.43. The van der Waals surface area contributed by atoms with Crippen LogP contribution in [0.2, 0.25) is 0 Å². The zero-order chi connectivity index (χ0) is 8.97. The lowest BCUT2D eigenvalue weighted by Crippen LogP contribution is -2.03. The number of hydrogen-bond acceptors (Lipinski definition) is 3. The van der Waals surface area contributed by atoms with Crippen molar-refractivity contribution in [1.82, 2.24) is 4.98 Å². The third-order valence-electron chi connectivity index (χ3n) is 1.63. The second-order valence-corrected chi connectivity index (χ2v) is 2.40. The van der Waals surface area contributed by atoms with E-state index in [2.05, 4.69) is 9.72 Å². The highest BCUT2D eigenvalue weighted by Crippen LogP contribution is 2.01. The third-order valence-corrected chi connectivity index (χ3v) is 1.63. The predicted molar refractivity (Wildman–Crippen MR) is 45.0 cm³/mol. The number of esters is 1. The van der Waals surface area contributed by atoms with Gasteiger partial charge in [-0.1, -0.05) is 13.0 Å². The lowest BCUT2D eigenvalue weighted by Gasteiger charge is -1.98. The van der Waals surface area contributed by atoms with Gasteiger partial charge in [-0.2, -0.15) is 0 Å². The summed E-state index contributed by atoms with van der Waals surface area (Å²) in [6.45, 7) is 2.04. The minimum absolute atomic E-state index is 0.356. The molecule has 1 aromatic rings. The summed E-state index contributed by atoms with van der Waals surface area (Å²) in [5.41, 5.74) is 1.47. The van der Waals surface area contributed by atoms with Crippen LogP contribution in [0.4, 0.5) is 0 Å². The Morgan fingerprint density at radius 2 is 2.33 bits per heavy atom. The first-order valence-corrected chi connectivity index (χ1v) is 3.81. The summed E-state index contributed by atoms with van der Waals surface area (Å²) >= 11 is 0. The van der Waals surface area contributed by atoms with Crippen LogP contribution >= 0.6 is 0 Å². The molecule has 0 N–H and O–H groups in total. The lowest BCUT2D eigenvalue weighted by molar-refractivity contribution is 0.0594. The van der Waals surface area contributed by atoms with Crippen LogP contribution in [0.5, 0.6) is 0 Å². The average Bonchev–Trinajstić information content (AvgIpc) is 2.17. The second-order valence-electron chi connectivity index (χ2n) is 2.40. The van der Waals surface area contributed by atoms with Crippen molar-refractivity contribution in [3.05, 3.63) is 29.6 Å². The second kappa shape index (κ2) is 3.85. The van der Waals surface area contributed by atoms with Gasteiger partial charge < -0.3 is 4.74 Å². The summed E-state index contributed by atoms with van der Waals surface area (Å²) in [5.74, 6) is -0.391. The fourth-order valence-electron chi connectivity index (χ4n) is 0.859. The van der Waals surface area contributed by atoms with E-state index < -0.39 is 5.97 Å². The maximum absolute atomic E-state index is 10.9. The Morgan fingerprint density at radius 1 is 1.58 bits per heavy atom. The van der Waals surface area contributed by atoms with E-state index in [9.17, 15) is 4.79 Å². The Kier molecular flexibility index (Phi) is 2.80. The topological polar surface area (TPSA) is 39.2 Å². The van der Waals surface area contributed by atoms with Crippen molar-refractivity contribution in [3.8, 4) is 0 Å². The van der Waals surface area contributed by atoms with Crippen LogP contribution in [0.1, 0.15) is 23.0 Å². The molecule has 1 aromatic heterocycles. The summed E-state index contributed by atoms with van der Waals surface area (Å²) in [6.07, 6.45) is 2.61. The smallest absolute Gasteiger partial charge is 0.356 e. The number of rotatable bonds is 2. The monoisotopic (exact) mass is 165 g/mol. The maximum atomic E-state index is 10.9. The molecule has 1 rings (SSSR count). The van der Waals surface area contributed by atoms with Crippen LogP contribution in [0.15, 0.2) is 18.3 Å². The van der Waals surface area contributed by atoms with Crippen molar-refractivity contribution in [1.29, 1.82) is 0 Å². The molecule has 0 aliphatic carbocycles. The summed E-state index contributed by atoms with van der Waals surface area (Å²) < 4.78 is 4.51. The van der Waals surface area contributed by atoms with Gasteiger partial charge in [-0.3, -0.25) is 0 Å². The highest BCUT2D eigenvalue weighted by molar-refractivity contribution is 5.86. The number of hydrogen-bond donors (Lipinski definition) is 0. The Balaban J connectivity index is 2.84. The molecule has 0 aromatic carbocycles. The number of methoxy groups -OCH3 is 1. The molecule has 3 nitrogen and oxygen atoms in total. The molecule has 0 saturated heterocycles. The molecule has 12 heavy (non-hydrogen) atoms. The quantitative estimate of drug-likeness (QED) is 0.622. The number of aryl methyl sites for hydroxylation is 1. The van der Waals surface area contributed by atoms with E-state index in [1.165, 1.54) is 7.11 Å². The Labute approximate surface area is 71.4 Å². The van der Waals surface area contributed by atoms with Crippen molar-refractivity contribution in [2.24, 2.45) is 0 Å². The molecule has 0 atom stereocenters. The van der Waals surface area contributed by atoms with Gasteiger partial charge in [0.15, 0.2) is 0 Å². The van der Waals surface area contributed by atoms with Crippen LogP contribution in [0.3, 0.4) is 0 Å². The van der Waals surface area contributed by atoms with Gasteiger partial charge in [-0.25, -0.2) is 9.78 Å². The van der Waals surface area contributed by atoms with Gasteiger partial charge in [0.1, 0.15) is 5.69 Å². The van der Waals surface area contributed by atoms with Crippen LogP contribution in [-0.4, -0.2) is 18.1 Å². The maximum Gasteiger partial charge on any atom is 0.356 e. The summed E-state index contributed by atoms with van der Waals surface area (Å²) in [6, 6.07) is 3.55.